The number of benzene rings is 2. The lowest BCUT2D eigenvalue weighted by Crippen LogP contribution is -2.08. The molecular formula is C23H20N4O2. The van der Waals surface area contributed by atoms with Crippen molar-refractivity contribution in [3.8, 4) is 16.9 Å². The molecule has 6 nitrogen and oxygen atoms in total. The summed E-state index contributed by atoms with van der Waals surface area (Å²) in [6.45, 7) is 4.05. The van der Waals surface area contributed by atoms with E-state index in [-0.39, 0.29) is 11.4 Å². The maximum absolute atomic E-state index is 11.6. The zero-order valence-corrected chi connectivity index (χ0v) is 16.1. The molecule has 0 atom stereocenters. The number of aromatic carboxylic acids is 1. The molecule has 2 aromatic heterocycles. The van der Waals surface area contributed by atoms with Crippen LogP contribution >= 0.6 is 0 Å². The van der Waals surface area contributed by atoms with Gasteiger partial charge in [-0.1, -0.05) is 42.5 Å². The van der Waals surface area contributed by atoms with Gasteiger partial charge in [-0.25, -0.2) is 14.5 Å². The van der Waals surface area contributed by atoms with E-state index in [0.717, 1.165) is 28.1 Å². The van der Waals surface area contributed by atoms with Gasteiger partial charge in [0, 0.05) is 17.8 Å². The van der Waals surface area contributed by atoms with Gasteiger partial charge in [0.25, 0.3) is 0 Å². The van der Waals surface area contributed by atoms with Crippen LogP contribution in [0.15, 0.2) is 72.9 Å². The number of carboxylic acids is 1. The van der Waals surface area contributed by atoms with Gasteiger partial charge in [0.1, 0.15) is 17.2 Å². The molecule has 0 fully saturated rings. The second kappa shape index (κ2) is 7.59. The summed E-state index contributed by atoms with van der Waals surface area (Å²) < 4.78 is 1.80. The van der Waals surface area contributed by atoms with Crippen molar-refractivity contribution in [3.05, 3.63) is 89.6 Å². The largest absolute Gasteiger partial charge is 0.478 e. The first-order valence-electron chi connectivity index (χ1n) is 9.21. The Hall–Kier alpha value is -3.93. The quantitative estimate of drug-likeness (QED) is 0.506. The highest BCUT2D eigenvalue weighted by Gasteiger charge is 2.17. The van der Waals surface area contributed by atoms with Crippen molar-refractivity contribution in [2.75, 3.05) is 5.32 Å². The van der Waals surface area contributed by atoms with E-state index in [1.807, 2.05) is 56.3 Å². The van der Waals surface area contributed by atoms with Crippen molar-refractivity contribution in [2.24, 2.45) is 0 Å². The van der Waals surface area contributed by atoms with Crippen LogP contribution in [0, 0.1) is 13.8 Å². The summed E-state index contributed by atoms with van der Waals surface area (Å²) in [4.78, 5) is 15.8. The van der Waals surface area contributed by atoms with Gasteiger partial charge in [0.05, 0.1) is 11.4 Å². The maximum Gasteiger partial charge on any atom is 0.339 e. The second-order valence-electron chi connectivity index (χ2n) is 6.81. The lowest BCUT2D eigenvalue weighted by molar-refractivity contribution is 0.0697. The lowest BCUT2D eigenvalue weighted by atomic mass is 10.1. The molecular weight excluding hydrogens is 364 g/mol. The van der Waals surface area contributed by atoms with Crippen LogP contribution in [-0.4, -0.2) is 25.8 Å². The fourth-order valence-electron chi connectivity index (χ4n) is 3.15. The van der Waals surface area contributed by atoms with Gasteiger partial charge in [-0.2, -0.15) is 5.10 Å². The number of anilines is 2. The molecule has 0 bridgehead atoms. The smallest absolute Gasteiger partial charge is 0.339 e. The molecule has 4 rings (SSSR count). The van der Waals surface area contributed by atoms with E-state index in [0.29, 0.717) is 5.82 Å². The number of aromatic nitrogens is 3. The van der Waals surface area contributed by atoms with E-state index in [1.165, 1.54) is 6.07 Å². The van der Waals surface area contributed by atoms with Crippen molar-refractivity contribution >= 4 is 17.6 Å². The van der Waals surface area contributed by atoms with Gasteiger partial charge in [0.15, 0.2) is 0 Å². The molecule has 0 saturated heterocycles. The number of pyridine rings is 1. The summed E-state index contributed by atoms with van der Waals surface area (Å²) in [7, 11) is 0. The Balaban J connectivity index is 1.87. The van der Waals surface area contributed by atoms with E-state index in [1.54, 1.807) is 16.9 Å². The summed E-state index contributed by atoms with van der Waals surface area (Å²) >= 11 is 0. The standard InChI is InChI=1S/C23H20N4O2/c1-15-10-11-16(2)20(13-15)27-21(14-19(26-27)17-7-4-3-5-8-17)25-22-18(23(28)29)9-6-12-24-22/h3-14H,1-2H3,(H,24,25)(H,28,29). The molecule has 0 saturated carbocycles. The monoisotopic (exact) mass is 384 g/mol. The second-order valence-corrected chi connectivity index (χ2v) is 6.81. The molecule has 6 heteroatoms. The summed E-state index contributed by atoms with van der Waals surface area (Å²) in [5.74, 6) is -0.133. The van der Waals surface area contributed by atoms with Crippen LogP contribution in [0.1, 0.15) is 21.5 Å². The average Bonchev–Trinajstić information content (AvgIpc) is 3.14. The van der Waals surface area contributed by atoms with Crippen molar-refractivity contribution in [1.82, 2.24) is 14.8 Å². The minimum absolute atomic E-state index is 0.0995. The van der Waals surface area contributed by atoms with Crippen LogP contribution < -0.4 is 5.32 Å². The number of aryl methyl sites for hydroxylation is 2. The fourth-order valence-corrected chi connectivity index (χ4v) is 3.15. The Bertz CT molecular complexity index is 1180. The van der Waals surface area contributed by atoms with Gasteiger partial charge in [0.2, 0.25) is 0 Å². The molecule has 0 aliphatic carbocycles. The van der Waals surface area contributed by atoms with Gasteiger partial charge >= 0.3 is 5.97 Å². The molecule has 2 N–H and O–H groups in total. The number of nitrogens with one attached hydrogen (secondary N) is 1. The number of rotatable bonds is 5. The Kier molecular flexibility index (Phi) is 4.83. The number of hydrogen-bond acceptors (Lipinski definition) is 4. The van der Waals surface area contributed by atoms with Crippen LogP contribution in [0.4, 0.5) is 11.6 Å². The number of nitrogens with zero attached hydrogens (tertiary/aromatic N) is 3. The van der Waals surface area contributed by atoms with Crippen LogP contribution in [0.25, 0.3) is 16.9 Å². The van der Waals surface area contributed by atoms with Crippen molar-refractivity contribution in [3.63, 3.8) is 0 Å². The normalized spacial score (nSPS) is 10.7. The van der Waals surface area contributed by atoms with Crippen molar-refractivity contribution < 1.29 is 9.90 Å². The van der Waals surface area contributed by atoms with Gasteiger partial charge < -0.3 is 10.4 Å². The third-order valence-corrected chi connectivity index (χ3v) is 4.66. The maximum atomic E-state index is 11.6. The Morgan fingerprint density at radius 1 is 1.00 bits per heavy atom. The molecule has 0 aliphatic rings. The van der Waals surface area contributed by atoms with Crippen LogP contribution in [-0.2, 0) is 0 Å². The fraction of sp³-hybridized carbons (Fsp3) is 0.0870. The van der Waals surface area contributed by atoms with Gasteiger partial charge in [-0.15, -0.1) is 0 Å². The Labute approximate surface area is 168 Å². The highest BCUT2D eigenvalue weighted by Crippen LogP contribution is 2.29. The Morgan fingerprint density at radius 3 is 2.55 bits per heavy atom. The summed E-state index contributed by atoms with van der Waals surface area (Å²) in [6.07, 6.45) is 1.56. The molecule has 2 aromatic carbocycles. The van der Waals surface area contributed by atoms with E-state index in [2.05, 4.69) is 22.4 Å². The number of carboxylic acid groups (broad SMARTS) is 1. The number of hydrogen-bond donors (Lipinski definition) is 2. The van der Waals surface area contributed by atoms with Crippen LogP contribution in [0.2, 0.25) is 0 Å². The first-order valence-corrected chi connectivity index (χ1v) is 9.21. The molecule has 0 spiro atoms. The summed E-state index contributed by atoms with van der Waals surface area (Å²) in [6, 6.07) is 21.0. The predicted molar refractivity (Wildman–Crippen MR) is 113 cm³/mol. The van der Waals surface area contributed by atoms with Crippen molar-refractivity contribution in [1.29, 1.82) is 0 Å². The summed E-state index contributed by atoms with van der Waals surface area (Å²) in [5, 5.41) is 17.5. The minimum atomic E-state index is -1.04. The van der Waals surface area contributed by atoms with Crippen LogP contribution in [0.5, 0.6) is 0 Å². The molecule has 0 radical (unpaired) electrons. The average molecular weight is 384 g/mol. The first-order chi connectivity index (χ1) is 14.0. The van der Waals surface area contributed by atoms with E-state index >= 15 is 0 Å². The first kappa shape index (κ1) is 18.4. The molecule has 0 aliphatic heterocycles. The van der Waals surface area contributed by atoms with Gasteiger partial charge in [-0.3, -0.25) is 0 Å². The molecule has 0 amide bonds. The lowest BCUT2D eigenvalue weighted by Gasteiger charge is -2.13. The summed E-state index contributed by atoms with van der Waals surface area (Å²) in [5.41, 5.74) is 4.93. The minimum Gasteiger partial charge on any atom is -0.478 e. The SMILES string of the molecule is Cc1ccc(C)c(-n2nc(-c3ccccc3)cc2Nc2ncccc2C(=O)O)c1. The van der Waals surface area contributed by atoms with Crippen molar-refractivity contribution in [2.45, 2.75) is 13.8 Å². The predicted octanol–water partition coefficient (Wildman–Crippen LogP) is 4.99. The highest BCUT2D eigenvalue weighted by atomic mass is 16.4. The van der Waals surface area contributed by atoms with Gasteiger partial charge in [-0.05, 0) is 43.2 Å². The van der Waals surface area contributed by atoms with E-state index in [4.69, 9.17) is 5.10 Å². The van der Waals surface area contributed by atoms with Crippen LogP contribution in [0.3, 0.4) is 0 Å². The van der Waals surface area contributed by atoms with E-state index in [9.17, 15) is 9.90 Å². The molecule has 0 unspecified atom stereocenters. The highest BCUT2D eigenvalue weighted by molar-refractivity contribution is 5.93. The molecule has 2 heterocycles. The molecule has 29 heavy (non-hydrogen) atoms. The zero-order chi connectivity index (χ0) is 20.4. The number of carbonyl (C=O) groups is 1. The third kappa shape index (κ3) is 3.73. The molecule has 4 aromatic rings. The van der Waals surface area contributed by atoms with E-state index < -0.39 is 5.97 Å². The third-order valence-electron chi connectivity index (χ3n) is 4.66. The zero-order valence-electron chi connectivity index (χ0n) is 16.1. The topological polar surface area (TPSA) is 80.0 Å². The Morgan fingerprint density at radius 2 is 1.79 bits per heavy atom. The molecule has 144 valence electrons.